The number of carbonyl (C=O) groups is 1. The lowest BCUT2D eigenvalue weighted by Gasteiger charge is -2.28. The first kappa shape index (κ1) is 17.4. The Morgan fingerprint density at radius 1 is 0.897 bits per heavy atom. The molecule has 0 spiro atoms. The van der Waals surface area contributed by atoms with Crippen LogP contribution in [0, 0.1) is 0 Å². The molecule has 142 valence electrons. The van der Waals surface area contributed by atoms with Crippen LogP contribution in [-0.2, 0) is 13.0 Å². The first-order chi connectivity index (χ1) is 14.3. The van der Waals surface area contributed by atoms with E-state index in [0.29, 0.717) is 17.9 Å². The average molecular weight is 380 g/mol. The van der Waals surface area contributed by atoms with Gasteiger partial charge in [0.05, 0.1) is 16.8 Å². The van der Waals surface area contributed by atoms with Gasteiger partial charge in [0.15, 0.2) is 0 Å². The molecule has 29 heavy (non-hydrogen) atoms. The minimum Gasteiger partial charge on any atom is -0.338 e. The molecular weight excluding hydrogens is 360 g/mol. The maximum absolute atomic E-state index is 12.9. The summed E-state index contributed by atoms with van der Waals surface area (Å²) in [6.45, 7) is 1.38. The first-order valence-corrected chi connectivity index (χ1v) is 9.71. The molecule has 3 heterocycles. The summed E-state index contributed by atoms with van der Waals surface area (Å²) in [5, 5.41) is 4.37. The zero-order valence-electron chi connectivity index (χ0n) is 15.9. The molecule has 1 N–H and O–H groups in total. The van der Waals surface area contributed by atoms with E-state index in [4.69, 9.17) is 0 Å². The number of amides is 1. The monoisotopic (exact) mass is 380 g/mol. The number of hydrogen-bond acceptors (Lipinski definition) is 4. The number of benzene rings is 2. The molecule has 0 bridgehead atoms. The van der Waals surface area contributed by atoms with Crippen LogP contribution in [0.15, 0.2) is 79.1 Å². The number of fused-ring (bicyclic) bond motifs is 2. The maximum atomic E-state index is 12.9. The SMILES string of the molecule is O=C(c1ccc(Nc2cccc3cccnc23)nc1)N1CCc2ccccc2C1. The Morgan fingerprint density at radius 2 is 1.76 bits per heavy atom. The van der Waals surface area contributed by atoms with Crippen molar-refractivity contribution >= 4 is 28.3 Å². The molecule has 1 aliphatic heterocycles. The van der Waals surface area contributed by atoms with Gasteiger partial charge in [-0.1, -0.05) is 42.5 Å². The molecule has 5 rings (SSSR count). The highest BCUT2D eigenvalue weighted by Crippen LogP contribution is 2.24. The van der Waals surface area contributed by atoms with E-state index in [1.807, 2.05) is 53.4 Å². The van der Waals surface area contributed by atoms with Crippen LogP contribution in [0.3, 0.4) is 0 Å². The van der Waals surface area contributed by atoms with E-state index >= 15 is 0 Å². The van der Waals surface area contributed by atoms with Crippen molar-refractivity contribution in [2.75, 3.05) is 11.9 Å². The number of para-hydroxylation sites is 1. The smallest absolute Gasteiger partial charge is 0.255 e. The fourth-order valence-electron chi connectivity index (χ4n) is 3.79. The van der Waals surface area contributed by atoms with E-state index in [2.05, 4.69) is 33.5 Å². The number of pyridine rings is 2. The predicted molar refractivity (Wildman–Crippen MR) is 114 cm³/mol. The third-order valence-corrected chi connectivity index (χ3v) is 5.32. The summed E-state index contributed by atoms with van der Waals surface area (Å²) in [6, 6.07) is 21.9. The minimum absolute atomic E-state index is 0.0189. The average Bonchev–Trinajstić information content (AvgIpc) is 2.79. The molecule has 0 atom stereocenters. The summed E-state index contributed by atoms with van der Waals surface area (Å²) >= 11 is 0. The number of nitrogens with one attached hydrogen (secondary N) is 1. The normalized spacial score (nSPS) is 13.2. The summed E-state index contributed by atoms with van der Waals surface area (Å²) in [4.78, 5) is 23.7. The summed E-state index contributed by atoms with van der Waals surface area (Å²) in [5.74, 6) is 0.703. The fraction of sp³-hybridized carbons (Fsp3) is 0.125. The minimum atomic E-state index is 0.0189. The van der Waals surface area contributed by atoms with Gasteiger partial charge < -0.3 is 10.2 Å². The van der Waals surface area contributed by atoms with E-state index in [0.717, 1.165) is 29.6 Å². The third kappa shape index (κ3) is 3.43. The number of hydrogen-bond donors (Lipinski definition) is 1. The van der Waals surface area contributed by atoms with Crippen molar-refractivity contribution in [1.82, 2.24) is 14.9 Å². The molecule has 1 amide bonds. The van der Waals surface area contributed by atoms with Gasteiger partial charge in [-0.25, -0.2) is 4.98 Å². The molecule has 0 saturated heterocycles. The molecule has 4 aromatic rings. The Labute approximate surface area is 169 Å². The lowest BCUT2D eigenvalue weighted by molar-refractivity contribution is 0.0734. The Hall–Kier alpha value is -3.73. The van der Waals surface area contributed by atoms with E-state index in [9.17, 15) is 4.79 Å². The van der Waals surface area contributed by atoms with Crippen LogP contribution in [0.4, 0.5) is 11.5 Å². The van der Waals surface area contributed by atoms with Gasteiger partial charge in [-0.05, 0) is 41.8 Å². The molecule has 5 nitrogen and oxygen atoms in total. The second-order valence-electron chi connectivity index (χ2n) is 7.18. The molecule has 5 heteroatoms. The van der Waals surface area contributed by atoms with Crippen LogP contribution in [-0.4, -0.2) is 27.3 Å². The van der Waals surface area contributed by atoms with Crippen LogP contribution in [0.1, 0.15) is 21.5 Å². The van der Waals surface area contributed by atoms with Gasteiger partial charge in [0, 0.05) is 30.9 Å². The Kier molecular flexibility index (Phi) is 4.41. The number of carbonyl (C=O) groups excluding carboxylic acids is 1. The fourth-order valence-corrected chi connectivity index (χ4v) is 3.79. The van der Waals surface area contributed by atoms with Crippen LogP contribution in [0.2, 0.25) is 0 Å². The molecule has 1 aliphatic rings. The van der Waals surface area contributed by atoms with Crippen LogP contribution in [0.25, 0.3) is 10.9 Å². The zero-order valence-corrected chi connectivity index (χ0v) is 15.9. The van der Waals surface area contributed by atoms with E-state index in [1.165, 1.54) is 11.1 Å². The summed E-state index contributed by atoms with van der Waals surface area (Å²) in [5.41, 5.74) is 4.94. The number of rotatable bonds is 3. The molecule has 0 unspecified atom stereocenters. The second-order valence-corrected chi connectivity index (χ2v) is 7.18. The van der Waals surface area contributed by atoms with E-state index in [-0.39, 0.29) is 5.91 Å². The molecule has 2 aromatic heterocycles. The van der Waals surface area contributed by atoms with Crippen molar-refractivity contribution in [2.24, 2.45) is 0 Å². The highest BCUT2D eigenvalue weighted by molar-refractivity contribution is 5.95. The van der Waals surface area contributed by atoms with Gasteiger partial charge in [0.2, 0.25) is 0 Å². The van der Waals surface area contributed by atoms with Crippen molar-refractivity contribution in [3.8, 4) is 0 Å². The Bertz CT molecular complexity index is 1180. The molecule has 0 aliphatic carbocycles. The second kappa shape index (κ2) is 7.36. The lowest BCUT2D eigenvalue weighted by atomic mass is 9.99. The maximum Gasteiger partial charge on any atom is 0.255 e. The van der Waals surface area contributed by atoms with E-state index in [1.54, 1.807) is 12.4 Å². The van der Waals surface area contributed by atoms with Crippen LogP contribution in [0.5, 0.6) is 0 Å². The van der Waals surface area contributed by atoms with Gasteiger partial charge in [0.1, 0.15) is 5.82 Å². The third-order valence-electron chi connectivity index (χ3n) is 5.32. The standard InChI is InChI=1S/C24H20N4O/c29-24(28-14-12-17-5-1-2-6-20(17)16-28)19-10-11-22(26-15-19)27-21-9-3-7-18-8-4-13-25-23(18)21/h1-11,13,15H,12,14,16H2,(H,26,27). The molecule has 0 saturated carbocycles. The Morgan fingerprint density at radius 3 is 2.62 bits per heavy atom. The van der Waals surface area contributed by atoms with Crippen molar-refractivity contribution in [3.05, 3.63) is 95.8 Å². The summed E-state index contributed by atoms with van der Waals surface area (Å²) in [7, 11) is 0. The highest BCUT2D eigenvalue weighted by Gasteiger charge is 2.21. The van der Waals surface area contributed by atoms with Crippen molar-refractivity contribution < 1.29 is 4.79 Å². The molecule has 2 aromatic carbocycles. The largest absolute Gasteiger partial charge is 0.338 e. The van der Waals surface area contributed by atoms with Gasteiger partial charge in [-0.2, -0.15) is 0 Å². The summed E-state index contributed by atoms with van der Waals surface area (Å²) < 4.78 is 0. The molecule has 0 radical (unpaired) electrons. The number of aromatic nitrogens is 2. The predicted octanol–water partition coefficient (Wildman–Crippen LogP) is 4.57. The van der Waals surface area contributed by atoms with Gasteiger partial charge in [-0.15, -0.1) is 0 Å². The van der Waals surface area contributed by atoms with Gasteiger partial charge in [0.25, 0.3) is 5.91 Å². The van der Waals surface area contributed by atoms with Gasteiger partial charge >= 0.3 is 0 Å². The van der Waals surface area contributed by atoms with Crippen molar-refractivity contribution in [3.63, 3.8) is 0 Å². The highest BCUT2D eigenvalue weighted by atomic mass is 16.2. The first-order valence-electron chi connectivity index (χ1n) is 9.71. The lowest BCUT2D eigenvalue weighted by Crippen LogP contribution is -2.35. The molecular formula is C24H20N4O. The van der Waals surface area contributed by atoms with E-state index < -0.39 is 0 Å². The number of anilines is 2. The van der Waals surface area contributed by atoms with Crippen LogP contribution < -0.4 is 5.32 Å². The topological polar surface area (TPSA) is 58.1 Å². The molecule has 0 fully saturated rings. The van der Waals surface area contributed by atoms with Crippen molar-refractivity contribution in [2.45, 2.75) is 13.0 Å². The van der Waals surface area contributed by atoms with Gasteiger partial charge in [-0.3, -0.25) is 9.78 Å². The number of nitrogens with zero attached hydrogens (tertiary/aromatic N) is 3. The quantitative estimate of drug-likeness (QED) is 0.566. The van der Waals surface area contributed by atoms with Crippen molar-refractivity contribution in [1.29, 1.82) is 0 Å². The Balaban J connectivity index is 1.33. The summed E-state index contributed by atoms with van der Waals surface area (Å²) in [6.07, 6.45) is 4.31. The zero-order chi connectivity index (χ0) is 19.6. The van der Waals surface area contributed by atoms with Crippen LogP contribution >= 0.6 is 0 Å².